The lowest BCUT2D eigenvalue weighted by Gasteiger charge is -2.44. The number of rotatable bonds is 5. The van der Waals surface area contributed by atoms with Crippen molar-refractivity contribution in [1.82, 2.24) is 0 Å². The van der Waals surface area contributed by atoms with Crippen LogP contribution in [0.25, 0.3) is 0 Å². The fraction of sp³-hybridized carbons (Fsp3) is 0.600. The van der Waals surface area contributed by atoms with Crippen molar-refractivity contribution >= 4 is 0 Å². The zero-order valence-corrected chi connectivity index (χ0v) is 14.1. The van der Waals surface area contributed by atoms with Crippen LogP contribution in [0.1, 0.15) is 45.1 Å². The Hall–Kier alpha value is -1.28. The molecule has 0 bridgehead atoms. The first-order valence-electron chi connectivity index (χ1n) is 8.54. The van der Waals surface area contributed by atoms with Gasteiger partial charge in [-0.15, -0.1) is 0 Å². The van der Waals surface area contributed by atoms with E-state index in [1.54, 1.807) is 12.7 Å². The Labute approximate surface area is 134 Å². The maximum atomic E-state index is 6.07. The monoisotopic (exact) mass is 300 g/mol. The molecule has 0 unspecified atom stereocenters. The van der Waals surface area contributed by atoms with E-state index in [4.69, 9.17) is 9.47 Å². The molecule has 2 heteroatoms. The highest BCUT2D eigenvalue weighted by Crippen LogP contribution is 2.55. The minimum Gasteiger partial charge on any atom is -0.497 e. The summed E-state index contributed by atoms with van der Waals surface area (Å²) in [5, 5.41) is 0. The highest BCUT2D eigenvalue weighted by Gasteiger charge is 2.46. The molecule has 0 radical (unpaired) electrons. The second-order valence-corrected chi connectivity index (χ2v) is 7.10. The van der Waals surface area contributed by atoms with Crippen molar-refractivity contribution in [1.29, 1.82) is 0 Å². The molecule has 0 N–H and O–H groups in total. The molecule has 1 aromatic carbocycles. The molecule has 1 aromatic rings. The molecule has 0 amide bonds. The first-order chi connectivity index (χ1) is 10.6. The second kappa shape index (κ2) is 6.45. The van der Waals surface area contributed by atoms with Gasteiger partial charge in [0.15, 0.2) is 0 Å². The molecule has 2 nitrogen and oxygen atoms in total. The van der Waals surface area contributed by atoms with Gasteiger partial charge in [0.1, 0.15) is 5.75 Å². The van der Waals surface area contributed by atoms with E-state index in [-0.39, 0.29) is 0 Å². The first kappa shape index (κ1) is 15.6. The normalized spacial score (nSPS) is 30.8. The summed E-state index contributed by atoms with van der Waals surface area (Å²) >= 11 is 0. The number of hydrogen-bond donors (Lipinski definition) is 0. The second-order valence-electron chi connectivity index (χ2n) is 7.10. The van der Waals surface area contributed by atoms with E-state index in [1.165, 1.54) is 31.2 Å². The molecule has 0 aromatic heterocycles. The van der Waals surface area contributed by atoms with Crippen LogP contribution in [-0.4, -0.2) is 13.7 Å². The molecule has 2 aliphatic carbocycles. The lowest BCUT2D eigenvalue weighted by atomic mass is 9.62. The smallest absolute Gasteiger partial charge is 0.118 e. The first-order valence-corrected chi connectivity index (χ1v) is 8.54. The van der Waals surface area contributed by atoms with Gasteiger partial charge in [0.2, 0.25) is 0 Å². The molecule has 22 heavy (non-hydrogen) atoms. The van der Waals surface area contributed by atoms with Gasteiger partial charge < -0.3 is 9.47 Å². The van der Waals surface area contributed by atoms with Crippen molar-refractivity contribution in [2.45, 2.75) is 46.1 Å². The Morgan fingerprint density at radius 1 is 1.23 bits per heavy atom. The van der Waals surface area contributed by atoms with Crippen LogP contribution >= 0.6 is 0 Å². The van der Waals surface area contributed by atoms with Gasteiger partial charge >= 0.3 is 0 Å². The Morgan fingerprint density at radius 3 is 2.73 bits per heavy atom. The molecule has 0 heterocycles. The quantitative estimate of drug-likeness (QED) is 0.714. The fourth-order valence-corrected chi connectivity index (χ4v) is 4.28. The van der Waals surface area contributed by atoms with E-state index < -0.39 is 0 Å². The SMILES string of the molecule is COc1ccc(COC[C@H]2CC=C3CCC[C@H](C)[C@]32C)cc1. The molecule has 0 saturated heterocycles. The van der Waals surface area contributed by atoms with E-state index in [0.29, 0.717) is 17.9 Å². The van der Waals surface area contributed by atoms with Crippen LogP contribution in [-0.2, 0) is 11.3 Å². The van der Waals surface area contributed by atoms with Crippen molar-refractivity contribution in [3.05, 3.63) is 41.5 Å². The maximum Gasteiger partial charge on any atom is 0.118 e. The number of methoxy groups -OCH3 is 1. The molecule has 1 fully saturated rings. The van der Waals surface area contributed by atoms with Gasteiger partial charge in [0, 0.05) is 0 Å². The lowest BCUT2D eigenvalue weighted by molar-refractivity contribution is 0.0249. The van der Waals surface area contributed by atoms with Gasteiger partial charge in [-0.2, -0.15) is 0 Å². The predicted molar refractivity (Wildman–Crippen MR) is 90.0 cm³/mol. The summed E-state index contributed by atoms with van der Waals surface area (Å²) in [5.41, 5.74) is 3.29. The van der Waals surface area contributed by atoms with Crippen LogP contribution in [0.2, 0.25) is 0 Å². The van der Waals surface area contributed by atoms with Gasteiger partial charge in [-0.1, -0.05) is 37.6 Å². The highest BCUT2D eigenvalue weighted by molar-refractivity contribution is 5.27. The summed E-state index contributed by atoms with van der Waals surface area (Å²) in [6.45, 7) is 6.46. The van der Waals surface area contributed by atoms with Crippen LogP contribution in [0, 0.1) is 17.3 Å². The molecule has 0 spiro atoms. The van der Waals surface area contributed by atoms with Gasteiger partial charge in [-0.3, -0.25) is 0 Å². The van der Waals surface area contributed by atoms with Crippen molar-refractivity contribution in [2.24, 2.45) is 17.3 Å². The van der Waals surface area contributed by atoms with Crippen molar-refractivity contribution in [2.75, 3.05) is 13.7 Å². The minimum atomic E-state index is 0.373. The number of ether oxygens (including phenoxy) is 2. The van der Waals surface area contributed by atoms with Gasteiger partial charge in [-0.25, -0.2) is 0 Å². The molecule has 2 aliphatic rings. The molecule has 1 saturated carbocycles. The van der Waals surface area contributed by atoms with Crippen LogP contribution < -0.4 is 4.74 Å². The van der Waals surface area contributed by atoms with Gasteiger partial charge in [0.05, 0.1) is 20.3 Å². The lowest BCUT2D eigenvalue weighted by Crippen LogP contribution is -2.37. The molecule has 3 atom stereocenters. The van der Waals surface area contributed by atoms with E-state index in [2.05, 4.69) is 32.1 Å². The Morgan fingerprint density at radius 2 is 2.00 bits per heavy atom. The van der Waals surface area contributed by atoms with Crippen LogP contribution in [0.4, 0.5) is 0 Å². The third-order valence-corrected chi connectivity index (χ3v) is 6.04. The van der Waals surface area contributed by atoms with E-state index in [1.807, 2.05) is 12.1 Å². The summed E-state index contributed by atoms with van der Waals surface area (Å²) in [6, 6.07) is 8.17. The Balaban J connectivity index is 1.55. The summed E-state index contributed by atoms with van der Waals surface area (Å²) in [4.78, 5) is 0. The molecule has 0 aliphatic heterocycles. The number of fused-ring (bicyclic) bond motifs is 1. The van der Waals surface area contributed by atoms with Gasteiger partial charge in [-0.05, 0) is 60.6 Å². The van der Waals surface area contributed by atoms with Crippen molar-refractivity contribution in [3.8, 4) is 5.75 Å². The van der Waals surface area contributed by atoms with Crippen molar-refractivity contribution in [3.63, 3.8) is 0 Å². The van der Waals surface area contributed by atoms with E-state index in [9.17, 15) is 0 Å². The predicted octanol–water partition coefficient (Wildman–Crippen LogP) is 4.98. The summed E-state index contributed by atoms with van der Waals surface area (Å²) in [5.74, 6) is 2.33. The van der Waals surface area contributed by atoms with Crippen LogP contribution in [0.3, 0.4) is 0 Å². The third kappa shape index (κ3) is 2.81. The molecule has 3 rings (SSSR count). The Kier molecular flexibility index (Phi) is 4.58. The van der Waals surface area contributed by atoms with E-state index in [0.717, 1.165) is 18.3 Å². The number of hydrogen-bond acceptors (Lipinski definition) is 2. The third-order valence-electron chi connectivity index (χ3n) is 6.04. The highest BCUT2D eigenvalue weighted by atomic mass is 16.5. The molecular formula is C20H28O2. The van der Waals surface area contributed by atoms with Gasteiger partial charge in [0.25, 0.3) is 0 Å². The maximum absolute atomic E-state index is 6.07. The van der Waals surface area contributed by atoms with Crippen LogP contribution in [0.15, 0.2) is 35.9 Å². The molecular weight excluding hydrogens is 272 g/mol. The van der Waals surface area contributed by atoms with Crippen molar-refractivity contribution < 1.29 is 9.47 Å². The largest absolute Gasteiger partial charge is 0.497 e. The fourth-order valence-electron chi connectivity index (χ4n) is 4.28. The topological polar surface area (TPSA) is 18.5 Å². The Bertz CT molecular complexity index is 531. The summed E-state index contributed by atoms with van der Waals surface area (Å²) in [7, 11) is 1.70. The standard InChI is InChI=1S/C20H28O2/c1-15-5-4-6-17-9-10-18(20(15,17)2)14-22-13-16-7-11-19(21-3)12-8-16/h7-9,11-12,15,18H,4-6,10,13-14H2,1-3H3/t15-,18+,20+/m0/s1. The molecule has 120 valence electrons. The zero-order valence-electron chi connectivity index (χ0n) is 14.1. The zero-order chi connectivity index (χ0) is 15.6. The summed E-state index contributed by atoms with van der Waals surface area (Å²) in [6.07, 6.45) is 7.72. The van der Waals surface area contributed by atoms with Crippen LogP contribution in [0.5, 0.6) is 5.75 Å². The average molecular weight is 300 g/mol. The number of allylic oxidation sites excluding steroid dienone is 2. The van der Waals surface area contributed by atoms with E-state index >= 15 is 0 Å². The number of benzene rings is 1. The summed E-state index contributed by atoms with van der Waals surface area (Å²) < 4.78 is 11.3. The minimum absolute atomic E-state index is 0.373. The average Bonchev–Trinajstić information content (AvgIpc) is 2.87.